The minimum atomic E-state index is -0.165. The maximum atomic E-state index is 12.0. The largest absolute Gasteiger partial charge is 0.383 e. The summed E-state index contributed by atoms with van der Waals surface area (Å²) in [4.78, 5) is 20.0. The molecule has 1 heterocycles. The number of aromatic amines is 1. The molecule has 0 saturated heterocycles. The highest BCUT2D eigenvalue weighted by Crippen LogP contribution is 2.28. The Morgan fingerprint density at radius 3 is 2.70 bits per heavy atom. The third-order valence-corrected chi connectivity index (χ3v) is 4.34. The number of thioether (sulfide) groups is 1. The highest BCUT2D eigenvalue weighted by molar-refractivity contribution is 7.98. The van der Waals surface area contributed by atoms with Gasteiger partial charge in [0, 0.05) is 4.90 Å². The van der Waals surface area contributed by atoms with Crippen LogP contribution >= 0.6 is 23.4 Å². The second kappa shape index (κ2) is 6.33. The van der Waals surface area contributed by atoms with Crippen LogP contribution in [0, 0.1) is 0 Å². The van der Waals surface area contributed by atoms with Crippen molar-refractivity contribution < 1.29 is 0 Å². The van der Waals surface area contributed by atoms with E-state index in [-0.39, 0.29) is 11.5 Å². The fourth-order valence-electron chi connectivity index (χ4n) is 1.88. The van der Waals surface area contributed by atoms with Crippen molar-refractivity contribution in [3.05, 3.63) is 51.0 Å². The Kier molecular flexibility index (Phi) is 4.73. The molecule has 0 amide bonds. The number of nitrogen functional groups attached to an aromatic ring is 1. The molecule has 0 saturated carbocycles. The van der Waals surface area contributed by atoms with E-state index >= 15 is 0 Å². The van der Waals surface area contributed by atoms with Crippen molar-refractivity contribution in [2.24, 2.45) is 0 Å². The molecule has 2 aromatic rings. The second-order valence-corrected chi connectivity index (χ2v) is 6.11. The maximum absolute atomic E-state index is 12.0. The van der Waals surface area contributed by atoms with Gasteiger partial charge in [-0.25, -0.2) is 4.98 Å². The van der Waals surface area contributed by atoms with Crippen LogP contribution in [0.1, 0.15) is 31.2 Å². The third-order valence-electron chi connectivity index (χ3n) is 2.81. The van der Waals surface area contributed by atoms with Gasteiger partial charge >= 0.3 is 0 Å². The predicted molar refractivity (Wildman–Crippen MR) is 84.4 cm³/mol. The molecule has 3 N–H and O–H groups in total. The molecule has 0 bridgehead atoms. The Morgan fingerprint density at radius 2 is 2.10 bits per heavy atom. The van der Waals surface area contributed by atoms with Crippen LogP contribution in [0.25, 0.3) is 0 Å². The average Bonchev–Trinajstić information content (AvgIpc) is 2.36. The molecule has 0 aliphatic heterocycles. The summed E-state index contributed by atoms with van der Waals surface area (Å²) in [6.07, 6.45) is 0. The zero-order chi connectivity index (χ0) is 14.7. The number of anilines is 1. The summed E-state index contributed by atoms with van der Waals surface area (Å²) in [5.74, 6) is 1.43. The number of nitrogens with two attached hydrogens (primary N) is 1. The lowest BCUT2D eigenvalue weighted by atomic mass is 10.1. The van der Waals surface area contributed by atoms with E-state index in [1.165, 1.54) is 11.8 Å². The average molecular weight is 310 g/mol. The Hall–Kier alpha value is -1.46. The van der Waals surface area contributed by atoms with E-state index in [1.54, 1.807) is 0 Å². The number of hydrogen-bond acceptors (Lipinski definition) is 4. The number of hydrogen-bond donors (Lipinski definition) is 2. The van der Waals surface area contributed by atoms with Crippen molar-refractivity contribution in [1.82, 2.24) is 9.97 Å². The first-order chi connectivity index (χ1) is 9.49. The molecule has 6 heteroatoms. The van der Waals surface area contributed by atoms with Crippen molar-refractivity contribution in [3.8, 4) is 0 Å². The summed E-state index contributed by atoms with van der Waals surface area (Å²) < 4.78 is 0. The van der Waals surface area contributed by atoms with Crippen LogP contribution in [0.2, 0.25) is 5.02 Å². The maximum Gasteiger partial charge on any atom is 0.256 e. The van der Waals surface area contributed by atoms with Crippen molar-refractivity contribution >= 4 is 29.2 Å². The number of nitrogens with zero attached hydrogens (tertiary/aromatic N) is 1. The van der Waals surface area contributed by atoms with Gasteiger partial charge in [0.05, 0.1) is 16.3 Å². The summed E-state index contributed by atoms with van der Waals surface area (Å²) >= 11 is 7.59. The van der Waals surface area contributed by atoms with Crippen LogP contribution in [0.5, 0.6) is 0 Å². The molecule has 0 radical (unpaired) electrons. The van der Waals surface area contributed by atoms with Crippen LogP contribution in [0.15, 0.2) is 34.0 Å². The zero-order valence-corrected chi connectivity index (χ0v) is 12.9. The minimum absolute atomic E-state index is 0.0523. The fourth-order valence-corrected chi connectivity index (χ4v) is 2.99. The van der Waals surface area contributed by atoms with Crippen molar-refractivity contribution in [3.63, 3.8) is 0 Å². The summed E-state index contributed by atoms with van der Waals surface area (Å²) in [5, 5.41) is 0.687. The van der Waals surface area contributed by atoms with Crippen LogP contribution in [0.3, 0.4) is 0 Å². The summed E-state index contributed by atoms with van der Waals surface area (Å²) in [6.45, 7) is 3.83. The molecule has 0 aliphatic carbocycles. The van der Waals surface area contributed by atoms with E-state index in [1.807, 2.05) is 38.1 Å². The molecule has 2 rings (SSSR count). The van der Waals surface area contributed by atoms with E-state index in [4.69, 9.17) is 17.3 Å². The Balaban J connectivity index is 2.20. The van der Waals surface area contributed by atoms with E-state index in [0.717, 1.165) is 4.90 Å². The summed E-state index contributed by atoms with van der Waals surface area (Å²) in [5.41, 5.74) is 6.23. The molecule has 0 spiro atoms. The molecule has 1 aromatic carbocycles. The van der Waals surface area contributed by atoms with Gasteiger partial charge in [0.2, 0.25) is 0 Å². The smallest absolute Gasteiger partial charge is 0.256 e. The third kappa shape index (κ3) is 3.35. The van der Waals surface area contributed by atoms with Crippen LogP contribution in [-0.4, -0.2) is 9.97 Å². The van der Waals surface area contributed by atoms with E-state index in [9.17, 15) is 4.79 Å². The molecule has 0 aliphatic rings. The summed E-state index contributed by atoms with van der Waals surface area (Å²) in [6, 6.07) is 7.55. The molecule has 20 heavy (non-hydrogen) atoms. The molecule has 1 aromatic heterocycles. The highest BCUT2D eigenvalue weighted by Gasteiger charge is 2.12. The number of nitrogens with one attached hydrogen (secondary N) is 1. The SMILES string of the molecule is CC(C)c1c(N)nc(CSc2ccccc2Cl)[nH]c1=O. The normalized spacial score (nSPS) is 11.0. The number of rotatable bonds is 4. The van der Waals surface area contributed by atoms with Gasteiger partial charge in [-0.15, -0.1) is 11.8 Å². The lowest BCUT2D eigenvalue weighted by Gasteiger charge is -2.09. The van der Waals surface area contributed by atoms with Gasteiger partial charge in [-0.05, 0) is 18.1 Å². The zero-order valence-electron chi connectivity index (χ0n) is 11.3. The number of aromatic nitrogens is 2. The lowest BCUT2D eigenvalue weighted by Crippen LogP contribution is -2.20. The Morgan fingerprint density at radius 1 is 1.40 bits per heavy atom. The van der Waals surface area contributed by atoms with Gasteiger partial charge in [0.1, 0.15) is 11.6 Å². The number of H-pyrrole nitrogens is 1. The molecular formula is C14H16ClN3OS. The monoisotopic (exact) mass is 309 g/mol. The van der Waals surface area contributed by atoms with E-state index < -0.39 is 0 Å². The quantitative estimate of drug-likeness (QED) is 0.849. The van der Waals surface area contributed by atoms with E-state index in [2.05, 4.69) is 9.97 Å². The first-order valence-electron chi connectivity index (χ1n) is 6.25. The second-order valence-electron chi connectivity index (χ2n) is 4.69. The highest BCUT2D eigenvalue weighted by atomic mass is 35.5. The predicted octanol–water partition coefficient (Wildman–Crippen LogP) is 3.42. The van der Waals surface area contributed by atoms with Crippen LogP contribution in [-0.2, 0) is 5.75 Å². The van der Waals surface area contributed by atoms with Gasteiger partial charge in [-0.1, -0.05) is 37.6 Å². The molecule has 0 fully saturated rings. The first-order valence-corrected chi connectivity index (χ1v) is 7.61. The molecule has 0 atom stereocenters. The van der Waals surface area contributed by atoms with Crippen molar-refractivity contribution in [2.75, 3.05) is 5.73 Å². The number of halogens is 1. The molecular weight excluding hydrogens is 294 g/mol. The lowest BCUT2D eigenvalue weighted by molar-refractivity contribution is 0.824. The standard InChI is InChI=1S/C14H16ClN3OS/c1-8(2)12-13(16)17-11(18-14(12)19)7-20-10-6-4-3-5-9(10)15/h3-6,8H,7H2,1-2H3,(H3,16,17,18,19). The Labute approximate surface area is 126 Å². The van der Waals surface area contributed by atoms with Gasteiger partial charge in [-0.3, -0.25) is 4.79 Å². The number of benzene rings is 1. The molecule has 0 unspecified atom stereocenters. The molecule has 4 nitrogen and oxygen atoms in total. The van der Waals surface area contributed by atoms with Gasteiger partial charge in [0.25, 0.3) is 5.56 Å². The van der Waals surface area contributed by atoms with Crippen LogP contribution < -0.4 is 11.3 Å². The minimum Gasteiger partial charge on any atom is -0.383 e. The fraction of sp³-hybridized carbons (Fsp3) is 0.286. The topological polar surface area (TPSA) is 71.8 Å². The summed E-state index contributed by atoms with van der Waals surface area (Å²) in [7, 11) is 0. The van der Waals surface area contributed by atoms with Gasteiger partial charge in [-0.2, -0.15) is 0 Å². The van der Waals surface area contributed by atoms with Gasteiger partial charge < -0.3 is 10.7 Å². The van der Waals surface area contributed by atoms with E-state index in [0.29, 0.717) is 28.0 Å². The van der Waals surface area contributed by atoms with Gasteiger partial charge in [0.15, 0.2) is 0 Å². The molecule has 106 valence electrons. The van der Waals surface area contributed by atoms with Crippen molar-refractivity contribution in [2.45, 2.75) is 30.4 Å². The first kappa shape index (κ1) is 14.9. The van der Waals surface area contributed by atoms with Crippen molar-refractivity contribution in [1.29, 1.82) is 0 Å². The Bertz CT molecular complexity index is 670. The van der Waals surface area contributed by atoms with Crippen LogP contribution in [0.4, 0.5) is 5.82 Å².